The molecule has 5 nitrogen and oxygen atoms in total. The van der Waals surface area contributed by atoms with Gasteiger partial charge in [0.05, 0.1) is 13.0 Å². The van der Waals surface area contributed by atoms with Crippen molar-refractivity contribution in [1.82, 2.24) is 0 Å². The molecule has 0 radical (unpaired) electrons. The van der Waals surface area contributed by atoms with Crippen molar-refractivity contribution in [2.75, 3.05) is 24.3 Å². The largest absolute Gasteiger partial charge is 0.469 e. The Balaban J connectivity index is 2.48. The van der Waals surface area contributed by atoms with Crippen LogP contribution in [0.25, 0.3) is 0 Å². The van der Waals surface area contributed by atoms with Crippen LogP contribution in [-0.4, -0.2) is 25.5 Å². The molecule has 0 aliphatic carbocycles. The van der Waals surface area contributed by atoms with Crippen LogP contribution in [0.2, 0.25) is 0 Å². The van der Waals surface area contributed by atoms with Crippen LogP contribution in [-0.2, 0) is 14.3 Å². The van der Waals surface area contributed by atoms with Gasteiger partial charge in [-0.15, -0.1) is 0 Å². The van der Waals surface area contributed by atoms with Crippen molar-refractivity contribution in [3.63, 3.8) is 0 Å². The zero-order valence-corrected chi connectivity index (χ0v) is 10.8. The summed E-state index contributed by atoms with van der Waals surface area (Å²) in [6.45, 7) is 3.76. The molecular formula is C13H18N2O3. The van der Waals surface area contributed by atoms with Gasteiger partial charge in [0, 0.05) is 24.8 Å². The summed E-state index contributed by atoms with van der Waals surface area (Å²) in [5.41, 5.74) is 1.63. The molecule has 0 saturated carbocycles. The van der Waals surface area contributed by atoms with E-state index in [1.54, 1.807) is 19.1 Å². The Morgan fingerprint density at radius 1 is 1.22 bits per heavy atom. The molecule has 0 spiro atoms. The lowest BCUT2D eigenvalue weighted by Crippen LogP contribution is -2.21. The Morgan fingerprint density at radius 2 is 1.78 bits per heavy atom. The minimum absolute atomic E-state index is 0.102. The van der Waals surface area contributed by atoms with Crippen molar-refractivity contribution in [1.29, 1.82) is 0 Å². The molecule has 2 N–H and O–H groups in total. The molecule has 0 bridgehead atoms. The minimum Gasteiger partial charge on any atom is -0.469 e. The number of amides is 1. The van der Waals surface area contributed by atoms with Crippen molar-refractivity contribution in [2.45, 2.75) is 13.8 Å². The van der Waals surface area contributed by atoms with E-state index < -0.39 is 0 Å². The van der Waals surface area contributed by atoms with E-state index >= 15 is 0 Å². The van der Waals surface area contributed by atoms with Crippen molar-refractivity contribution in [2.24, 2.45) is 5.92 Å². The summed E-state index contributed by atoms with van der Waals surface area (Å²) in [5, 5.41) is 5.81. The monoisotopic (exact) mass is 250 g/mol. The molecule has 18 heavy (non-hydrogen) atoms. The van der Waals surface area contributed by atoms with E-state index in [1.165, 1.54) is 14.0 Å². The fourth-order valence-electron chi connectivity index (χ4n) is 1.43. The molecule has 0 saturated heterocycles. The molecule has 5 heteroatoms. The minimum atomic E-state index is -0.239. The third kappa shape index (κ3) is 4.45. The quantitative estimate of drug-likeness (QED) is 0.783. The van der Waals surface area contributed by atoms with Crippen LogP contribution in [0.15, 0.2) is 24.3 Å². The highest BCUT2D eigenvalue weighted by molar-refractivity contribution is 5.88. The predicted octanol–water partition coefficient (Wildman–Crippen LogP) is 1.87. The molecule has 0 heterocycles. The third-order valence-corrected chi connectivity index (χ3v) is 2.42. The molecule has 0 fully saturated rings. The number of hydrogen-bond donors (Lipinski definition) is 2. The standard InChI is InChI=1S/C13H18N2O3/c1-9(13(17)18-3)8-14-11-4-6-12(7-5-11)15-10(2)16/h4-7,9,14H,8H2,1-3H3,(H,15,16). The van der Waals surface area contributed by atoms with Gasteiger partial charge in [-0.3, -0.25) is 9.59 Å². The number of rotatable bonds is 5. The normalized spacial score (nSPS) is 11.5. The topological polar surface area (TPSA) is 67.4 Å². The lowest BCUT2D eigenvalue weighted by atomic mass is 10.2. The smallest absolute Gasteiger partial charge is 0.310 e. The van der Waals surface area contributed by atoms with Gasteiger partial charge in [0.1, 0.15) is 0 Å². The van der Waals surface area contributed by atoms with Gasteiger partial charge in [-0.2, -0.15) is 0 Å². The molecule has 1 aromatic rings. The van der Waals surface area contributed by atoms with Gasteiger partial charge in [0.25, 0.3) is 0 Å². The number of carbonyl (C=O) groups is 2. The van der Waals surface area contributed by atoms with Crippen LogP contribution in [0.4, 0.5) is 11.4 Å². The number of carbonyl (C=O) groups excluding carboxylic acids is 2. The number of esters is 1. The lowest BCUT2D eigenvalue weighted by molar-refractivity contribution is -0.144. The summed E-state index contributed by atoms with van der Waals surface area (Å²) in [7, 11) is 1.38. The number of nitrogens with one attached hydrogen (secondary N) is 2. The molecule has 0 aliphatic heterocycles. The maximum absolute atomic E-state index is 11.2. The summed E-state index contributed by atoms with van der Waals surface area (Å²) in [5.74, 6) is -0.544. The molecule has 1 amide bonds. The fourth-order valence-corrected chi connectivity index (χ4v) is 1.43. The molecule has 1 unspecified atom stereocenters. The van der Waals surface area contributed by atoms with Gasteiger partial charge in [-0.1, -0.05) is 6.92 Å². The summed E-state index contributed by atoms with van der Waals surface area (Å²) >= 11 is 0. The molecule has 0 aliphatic rings. The molecular weight excluding hydrogens is 232 g/mol. The van der Waals surface area contributed by atoms with Crippen molar-refractivity contribution in [3.8, 4) is 0 Å². The van der Waals surface area contributed by atoms with Crippen molar-refractivity contribution < 1.29 is 14.3 Å². The van der Waals surface area contributed by atoms with E-state index in [9.17, 15) is 9.59 Å². The average molecular weight is 250 g/mol. The summed E-state index contributed by atoms with van der Waals surface area (Å²) in [4.78, 5) is 22.0. The van der Waals surface area contributed by atoms with E-state index in [4.69, 9.17) is 0 Å². The maximum atomic E-state index is 11.2. The first-order chi connectivity index (χ1) is 8.52. The Morgan fingerprint density at radius 3 is 2.28 bits per heavy atom. The second kappa shape index (κ2) is 6.64. The van der Waals surface area contributed by atoms with E-state index in [1.807, 2.05) is 12.1 Å². The van der Waals surface area contributed by atoms with Crippen LogP contribution in [0.1, 0.15) is 13.8 Å². The Kier molecular flexibility index (Phi) is 5.17. The van der Waals surface area contributed by atoms with Gasteiger partial charge >= 0.3 is 5.97 Å². The van der Waals surface area contributed by atoms with Crippen LogP contribution in [0, 0.1) is 5.92 Å². The first kappa shape index (κ1) is 14.0. The summed E-state index contributed by atoms with van der Waals surface area (Å²) in [6.07, 6.45) is 0. The second-order valence-electron chi connectivity index (χ2n) is 4.06. The van der Waals surface area contributed by atoms with E-state index in [0.29, 0.717) is 6.54 Å². The molecule has 1 rings (SSSR count). The molecule has 0 aromatic heterocycles. The number of hydrogen-bond acceptors (Lipinski definition) is 4. The Hall–Kier alpha value is -2.04. The SMILES string of the molecule is COC(=O)C(C)CNc1ccc(NC(C)=O)cc1. The van der Waals surface area contributed by atoms with Crippen LogP contribution in [0.3, 0.4) is 0 Å². The molecule has 1 aromatic carbocycles. The van der Waals surface area contributed by atoms with E-state index in [-0.39, 0.29) is 17.8 Å². The zero-order valence-electron chi connectivity index (χ0n) is 10.8. The van der Waals surface area contributed by atoms with Crippen molar-refractivity contribution >= 4 is 23.3 Å². The Labute approximate surface area is 107 Å². The number of ether oxygens (including phenoxy) is 1. The second-order valence-corrected chi connectivity index (χ2v) is 4.06. The van der Waals surface area contributed by atoms with Crippen molar-refractivity contribution in [3.05, 3.63) is 24.3 Å². The average Bonchev–Trinajstić information content (AvgIpc) is 2.36. The highest BCUT2D eigenvalue weighted by Crippen LogP contribution is 2.14. The highest BCUT2D eigenvalue weighted by atomic mass is 16.5. The zero-order chi connectivity index (χ0) is 13.5. The third-order valence-electron chi connectivity index (χ3n) is 2.42. The number of anilines is 2. The number of methoxy groups -OCH3 is 1. The first-order valence-electron chi connectivity index (χ1n) is 5.72. The van der Waals surface area contributed by atoms with Gasteiger partial charge in [0.15, 0.2) is 0 Å². The predicted molar refractivity (Wildman–Crippen MR) is 70.4 cm³/mol. The van der Waals surface area contributed by atoms with Gasteiger partial charge in [-0.25, -0.2) is 0 Å². The van der Waals surface area contributed by atoms with Crippen LogP contribution in [0.5, 0.6) is 0 Å². The number of benzene rings is 1. The maximum Gasteiger partial charge on any atom is 0.310 e. The van der Waals surface area contributed by atoms with Gasteiger partial charge in [0.2, 0.25) is 5.91 Å². The molecule has 98 valence electrons. The van der Waals surface area contributed by atoms with E-state index in [2.05, 4.69) is 15.4 Å². The van der Waals surface area contributed by atoms with Crippen LogP contribution >= 0.6 is 0 Å². The fraction of sp³-hybridized carbons (Fsp3) is 0.385. The Bertz CT molecular complexity index is 415. The lowest BCUT2D eigenvalue weighted by Gasteiger charge is -2.12. The van der Waals surface area contributed by atoms with Gasteiger partial charge < -0.3 is 15.4 Å². The summed E-state index contributed by atoms with van der Waals surface area (Å²) in [6, 6.07) is 7.28. The van der Waals surface area contributed by atoms with Crippen LogP contribution < -0.4 is 10.6 Å². The first-order valence-corrected chi connectivity index (χ1v) is 5.72. The van der Waals surface area contributed by atoms with E-state index in [0.717, 1.165) is 11.4 Å². The van der Waals surface area contributed by atoms with Gasteiger partial charge in [-0.05, 0) is 24.3 Å². The molecule has 1 atom stereocenters. The summed E-state index contributed by atoms with van der Waals surface area (Å²) < 4.78 is 4.64. The highest BCUT2D eigenvalue weighted by Gasteiger charge is 2.12.